The highest BCUT2D eigenvalue weighted by molar-refractivity contribution is 5.92. The maximum absolute atomic E-state index is 12.4. The number of aromatic nitrogens is 1. The molecule has 2 rings (SSSR count). The van der Waals surface area contributed by atoms with Crippen LogP contribution in [0.2, 0.25) is 0 Å². The summed E-state index contributed by atoms with van der Waals surface area (Å²) in [6, 6.07) is 11.0. The number of nitrogens with one attached hydrogen (secondary N) is 1. The van der Waals surface area contributed by atoms with Crippen LogP contribution in [0, 0.1) is 5.92 Å². The zero-order valence-electron chi connectivity index (χ0n) is 13.2. The minimum atomic E-state index is -0.455. The quantitative estimate of drug-likeness (QED) is 0.794. The van der Waals surface area contributed by atoms with Crippen LogP contribution in [0.4, 0.5) is 5.82 Å². The SMILES string of the molecule is CCC(C)C(C(=O)OCC(=O)Nc1ccon1)c1ccccc1. The van der Waals surface area contributed by atoms with Gasteiger partial charge in [-0.2, -0.15) is 0 Å². The van der Waals surface area contributed by atoms with Crippen molar-refractivity contribution in [3.05, 3.63) is 48.2 Å². The number of amides is 1. The lowest BCUT2D eigenvalue weighted by Gasteiger charge is -2.21. The van der Waals surface area contributed by atoms with Gasteiger partial charge in [0.2, 0.25) is 0 Å². The van der Waals surface area contributed by atoms with E-state index in [9.17, 15) is 9.59 Å². The number of hydrogen-bond donors (Lipinski definition) is 1. The first kappa shape index (κ1) is 16.7. The lowest BCUT2D eigenvalue weighted by Crippen LogP contribution is -2.27. The van der Waals surface area contributed by atoms with Crippen molar-refractivity contribution in [1.29, 1.82) is 0 Å². The summed E-state index contributed by atoms with van der Waals surface area (Å²) in [4.78, 5) is 24.2. The van der Waals surface area contributed by atoms with Crippen LogP contribution < -0.4 is 5.32 Å². The standard InChI is InChI=1S/C17H20N2O4/c1-3-12(2)16(13-7-5-4-6-8-13)17(21)22-11-15(20)18-14-9-10-23-19-14/h4-10,12,16H,3,11H2,1-2H3,(H,18,19,20). The Labute approximate surface area is 134 Å². The fourth-order valence-corrected chi connectivity index (χ4v) is 2.28. The van der Waals surface area contributed by atoms with Gasteiger partial charge in [-0.25, -0.2) is 0 Å². The third-order valence-electron chi connectivity index (χ3n) is 3.68. The molecule has 0 aliphatic rings. The number of carbonyl (C=O) groups excluding carboxylic acids is 2. The molecule has 2 aromatic rings. The van der Waals surface area contributed by atoms with Crippen LogP contribution in [0.3, 0.4) is 0 Å². The van der Waals surface area contributed by atoms with E-state index in [2.05, 4.69) is 15.0 Å². The van der Waals surface area contributed by atoms with Crippen molar-refractivity contribution in [2.24, 2.45) is 5.92 Å². The normalized spacial score (nSPS) is 13.1. The summed E-state index contributed by atoms with van der Waals surface area (Å²) in [5, 5.41) is 6.04. The molecule has 1 aromatic carbocycles. The fourth-order valence-electron chi connectivity index (χ4n) is 2.28. The molecule has 1 heterocycles. The molecule has 6 heteroatoms. The molecule has 1 aromatic heterocycles. The Hall–Kier alpha value is -2.63. The summed E-state index contributed by atoms with van der Waals surface area (Å²) in [7, 11) is 0. The number of anilines is 1. The maximum atomic E-state index is 12.4. The minimum absolute atomic E-state index is 0.114. The molecule has 1 N–H and O–H groups in total. The van der Waals surface area contributed by atoms with Gasteiger partial charge in [0.15, 0.2) is 12.4 Å². The van der Waals surface area contributed by atoms with Crippen LogP contribution in [0.15, 0.2) is 47.2 Å². The first-order valence-corrected chi connectivity index (χ1v) is 7.53. The van der Waals surface area contributed by atoms with Gasteiger partial charge in [-0.1, -0.05) is 55.8 Å². The van der Waals surface area contributed by atoms with Gasteiger partial charge in [0, 0.05) is 6.07 Å². The van der Waals surface area contributed by atoms with Crippen LogP contribution in [0.1, 0.15) is 31.7 Å². The third-order valence-corrected chi connectivity index (χ3v) is 3.68. The second-order valence-corrected chi connectivity index (χ2v) is 5.31. The predicted octanol–water partition coefficient (Wildman–Crippen LogP) is 2.99. The second kappa shape index (κ2) is 8.12. The Balaban J connectivity index is 1.96. The van der Waals surface area contributed by atoms with E-state index in [0.29, 0.717) is 0 Å². The van der Waals surface area contributed by atoms with Crippen molar-refractivity contribution in [3.8, 4) is 0 Å². The van der Waals surface area contributed by atoms with Crippen molar-refractivity contribution in [1.82, 2.24) is 5.16 Å². The average molecular weight is 316 g/mol. The lowest BCUT2D eigenvalue weighted by molar-refractivity contribution is -0.150. The number of esters is 1. The molecule has 0 saturated carbocycles. The van der Waals surface area contributed by atoms with Gasteiger partial charge in [-0.15, -0.1) is 0 Å². The van der Waals surface area contributed by atoms with Crippen LogP contribution >= 0.6 is 0 Å². The molecule has 0 fully saturated rings. The average Bonchev–Trinajstić information content (AvgIpc) is 3.07. The van der Waals surface area contributed by atoms with Gasteiger partial charge in [0.25, 0.3) is 5.91 Å². The lowest BCUT2D eigenvalue weighted by atomic mass is 9.86. The van der Waals surface area contributed by atoms with Crippen LogP contribution in [-0.2, 0) is 14.3 Å². The predicted molar refractivity (Wildman–Crippen MR) is 84.7 cm³/mol. The Morgan fingerprint density at radius 3 is 2.61 bits per heavy atom. The summed E-state index contributed by atoms with van der Waals surface area (Å²) in [6.45, 7) is 3.66. The Bertz CT molecular complexity index is 625. The summed E-state index contributed by atoms with van der Waals surface area (Å²) in [5.74, 6) is -0.846. The maximum Gasteiger partial charge on any atom is 0.314 e. The van der Waals surface area contributed by atoms with Crippen molar-refractivity contribution in [2.45, 2.75) is 26.2 Å². The molecule has 0 bridgehead atoms. The molecule has 1 amide bonds. The molecule has 2 atom stereocenters. The molecule has 122 valence electrons. The highest BCUT2D eigenvalue weighted by Crippen LogP contribution is 2.28. The summed E-state index contributed by atoms with van der Waals surface area (Å²) in [6.07, 6.45) is 2.18. The van der Waals surface area contributed by atoms with E-state index in [1.807, 2.05) is 44.2 Å². The van der Waals surface area contributed by atoms with E-state index in [1.54, 1.807) is 0 Å². The van der Waals surface area contributed by atoms with Gasteiger partial charge in [-0.05, 0) is 11.5 Å². The van der Waals surface area contributed by atoms with Gasteiger partial charge < -0.3 is 14.6 Å². The Morgan fingerprint density at radius 2 is 2.00 bits per heavy atom. The van der Waals surface area contributed by atoms with E-state index >= 15 is 0 Å². The Kier molecular flexibility index (Phi) is 5.91. The Morgan fingerprint density at radius 1 is 1.26 bits per heavy atom. The molecular formula is C17H20N2O4. The van der Waals surface area contributed by atoms with E-state index < -0.39 is 11.9 Å². The fraction of sp³-hybridized carbons (Fsp3) is 0.353. The van der Waals surface area contributed by atoms with Crippen molar-refractivity contribution in [2.75, 3.05) is 11.9 Å². The largest absolute Gasteiger partial charge is 0.455 e. The van der Waals surface area contributed by atoms with Crippen LogP contribution in [0.25, 0.3) is 0 Å². The number of benzene rings is 1. The first-order valence-electron chi connectivity index (χ1n) is 7.53. The number of ether oxygens (including phenoxy) is 1. The van der Waals surface area contributed by atoms with Crippen LogP contribution in [-0.4, -0.2) is 23.6 Å². The number of carbonyl (C=O) groups is 2. The van der Waals surface area contributed by atoms with Crippen molar-refractivity contribution < 1.29 is 18.8 Å². The highest BCUT2D eigenvalue weighted by Gasteiger charge is 2.27. The van der Waals surface area contributed by atoms with Gasteiger partial charge >= 0.3 is 5.97 Å². The zero-order chi connectivity index (χ0) is 16.7. The molecule has 0 spiro atoms. The number of nitrogens with zero attached hydrogens (tertiary/aromatic N) is 1. The summed E-state index contributed by atoms with van der Waals surface area (Å²) < 4.78 is 9.79. The molecule has 0 aliphatic carbocycles. The molecule has 0 aliphatic heterocycles. The first-order chi connectivity index (χ1) is 11.1. The monoisotopic (exact) mass is 316 g/mol. The molecular weight excluding hydrogens is 296 g/mol. The van der Waals surface area contributed by atoms with E-state index in [4.69, 9.17) is 4.74 Å². The van der Waals surface area contributed by atoms with Gasteiger partial charge in [0.1, 0.15) is 6.26 Å². The summed E-state index contributed by atoms with van der Waals surface area (Å²) in [5.41, 5.74) is 0.892. The molecule has 6 nitrogen and oxygen atoms in total. The topological polar surface area (TPSA) is 81.4 Å². The third kappa shape index (κ3) is 4.67. The highest BCUT2D eigenvalue weighted by atomic mass is 16.5. The molecule has 23 heavy (non-hydrogen) atoms. The van der Waals surface area contributed by atoms with E-state index in [0.717, 1.165) is 12.0 Å². The zero-order valence-corrected chi connectivity index (χ0v) is 13.2. The number of rotatable bonds is 7. The van der Waals surface area contributed by atoms with Gasteiger partial charge in [0.05, 0.1) is 5.92 Å². The number of hydrogen-bond acceptors (Lipinski definition) is 5. The van der Waals surface area contributed by atoms with Gasteiger partial charge in [-0.3, -0.25) is 9.59 Å². The van der Waals surface area contributed by atoms with Crippen LogP contribution in [0.5, 0.6) is 0 Å². The molecule has 0 saturated heterocycles. The van der Waals surface area contributed by atoms with Crippen molar-refractivity contribution in [3.63, 3.8) is 0 Å². The molecule has 2 unspecified atom stereocenters. The summed E-state index contributed by atoms with van der Waals surface area (Å²) >= 11 is 0. The van der Waals surface area contributed by atoms with Crippen molar-refractivity contribution >= 4 is 17.7 Å². The van der Waals surface area contributed by atoms with E-state index in [1.165, 1.54) is 12.3 Å². The minimum Gasteiger partial charge on any atom is -0.455 e. The molecule has 0 radical (unpaired) electrons. The van der Waals surface area contributed by atoms with E-state index in [-0.39, 0.29) is 24.3 Å². The second-order valence-electron chi connectivity index (χ2n) is 5.31. The smallest absolute Gasteiger partial charge is 0.314 e.